The third-order valence-electron chi connectivity index (χ3n) is 8.33. The maximum atomic E-state index is 15.1. The van der Waals surface area contributed by atoms with Crippen LogP contribution in [-0.2, 0) is 19.9 Å². The van der Waals surface area contributed by atoms with Crippen LogP contribution in [-0.4, -0.2) is 59.0 Å². The van der Waals surface area contributed by atoms with Crippen LogP contribution >= 0.6 is 46.4 Å². The van der Waals surface area contributed by atoms with Crippen LogP contribution in [0.4, 0.5) is 33.3 Å². The van der Waals surface area contributed by atoms with Gasteiger partial charge in [-0.25, -0.2) is 8.78 Å². The summed E-state index contributed by atoms with van der Waals surface area (Å²) in [5.41, 5.74) is -5.37. The van der Waals surface area contributed by atoms with Crippen molar-refractivity contribution in [3.63, 3.8) is 0 Å². The second kappa shape index (κ2) is 10.3. The first kappa shape index (κ1) is 32.0. The molecule has 5 rings (SSSR count). The molecule has 3 aliphatic heterocycles. The quantitative estimate of drug-likeness (QED) is 0.327. The third kappa shape index (κ3) is 5.03. The molecule has 4 atom stereocenters. The van der Waals surface area contributed by atoms with Gasteiger partial charge in [-0.2, -0.15) is 13.2 Å². The average molecular weight is 689 g/mol. The topological polar surface area (TPSA) is 90.0 Å². The lowest BCUT2D eigenvalue weighted by molar-refractivity contribution is -0.208. The minimum absolute atomic E-state index is 0.0387. The number of hydrogen-bond donors (Lipinski definition) is 2. The highest BCUT2D eigenvalue weighted by Crippen LogP contribution is 2.61. The number of alkyl halides is 5. The summed E-state index contributed by atoms with van der Waals surface area (Å²) in [6, 6.07) is 4.45. The van der Waals surface area contributed by atoms with Crippen LogP contribution in [0.2, 0.25) is 20.1 Å². The SMILES string of the molecule is CC(C)(CN(C(=O)[C@@H]1C(C(=O)O)[C@@]2(C(=O)Nc3c(Cl)cc(Cl)cc32)N2CC(F)(F)C[C@H]12)c1cc(Cl)cc(Cl)c1)C(F)(F)F. The summed E-state index contributed by atoms with van der Waals surface area (Å²) >= 11 is 24.7. The number of nitrogens with one attached hydrogen (secondary N) is 1. The van der Waals surface area contributed by atoms with Crippen molar-refractivity contribution in [3.05, 3.63) is 56.0 Å². The molecule has 232 valence electrons. The number of rotatable bonds is 5. The fraction of sp³-hybridized carbons (Fsp3) is 0.444. The number of carbonyl (C=O) groups is 3. The van der Waals surface area contributed by atoms with Crippen LogP contribution in [0.3, 0.4) is 0 Å². The lowest BCUT2D eigenvalue weighted by atomic mass is 9.73. The van der Waals surface area contributed by atoms with Crippen molar-refractivity contribution in [2.24, 2.45) is 17.3 Å². The van der Waals surface area contributed by atoms with E-state index in [0.29, 0.717) is 4.90 Å². The normalized spacial score (nSPS) is 26.4. The van der Waals surface area contributed by atoms with Crippen LogP contribution in [0.1, 0.15) is 25.8 Å². The first-order valence-corrected chi connectivity index (χ1v) is 14.2. The molecule has 2 aromatic carbocycles. The number of nitrogens with zero attached hydrogens (tertiary/aromatic N) is 2. The van der Waals surface area contributed by atoms with Gasteiger partial charge in [0, 0.05) is 45.3 Å². The van der Waals surface area contributed by atoms with Crippen molar-refractivity contribution in [2.45, 2.75) is 43.9 Å². The van der Waals surface area contributed by atoms with Gasteiger partial charge in [0.25, 0.3) is 11.8 Å². The molecule has 1 unspecified atom stereocenters. The number of carboxylic acids is 1. The summed E-state index contributed by atoms with van der Waals surface area (Å²) in [5.74, 6) is -11.4. The number of carboxylic acid groups (broad SMARTS) is 1. The van der Waals surface area contributed by atoms with Gasteiger partial charge in [-0.15, -0.1) is 0 Å². The van der Waals surface area contributed by atoms with Gasteiger partial charge in [0.15, 0.2) is 0 Å². The Kier molecular flexibility index (Phi) is 7.70. The summed E-state index contributed by atoms with van der Waals surface area (Å²) in [6.07, 6.45) is -5.89. The number of carbonyl (C=O) groups excluding carboxylic acids is 2. The van der Waals surface area contributed by atoms with Gasteiger partial charge in [0.2, 0.25) is 5.91 Å². The summed E-state index contributed by atoms with van der Waals surface area (Å²) in [7, 11) is 0. The molecule has 0 aromatic heterocycles. The standard InChI is InChI=1S/C27H22Cl4F5N3O4/c1-24(2,27(34,35)36)9-38(14-4-11(28)3-12(29)5-14)21(40)18-17-8-25(32,33)10-39(17)26(19(18)22(41)42)15-6-13(30)7-16(31)20(15)37-23(26)43/h3-7,17-19H,8-10H2,1-2H3,(H,37,43)(H,41,42)/t17-,18+,19?,26+/m1/s1. The minimum atomic E-state index is -4.85. The summed E-state index contributed by atoms with van der Waals surface area (Å²) in [6.45, 7) is -0.513. The molecule has 3 aliphatic rings. The van der Waals surface area contributed by atoms with Crippen molar-refractivity contribution < 1.29 is 41.4 Å². The predicted molar refractivity (Wildman–Crippen MR) is 150 cm³/mol. The molecule has 2 aromatic rings. The second-order valence-corrected chi connectivity index (χ2v) is 13.3. The molecule has 2 saturated heterocycles. The van der Waals surface area contributed by atoms with E-state index in [1.165, 1.54) is 18.2 Å². The van der Waals surface area contributed by atoms with Gasteiger partial charge < -0.3 is 15.3 Å². The number of amides is 2. The third-order valence-corrected chi connectivity index (χ3v) is 9.29. The van der Waals surface area contributed by atoms with E-state index in [4.69, 9.17) is 46.4 Å². The maximum Gasteiger partial charge on any atom is 0.395 e. The van der Waals surface area contributed by atoms with Gasteiger partial charge in [-0.3, -0.25) is 19.3 Å². The van der Waals surface area contributed by atoms with Crippen LogP contribution < -0.4 is 10.2 Å². The van der Waals surface area contributed by atoms with E-state index >= 15 is 8.78 Å². The molecule has 2 amide bonds. The van der Waals surface area contributed by atoms with E-state index in [1.807, 2.05) is 0 Å². The molecule has 0 aliphatic carbocycles. The number of halogens is 9. The fourth-order valence-corrected chi connectivity index (χ4v) is 7.49. The second-order valence-electron chi connectivity index (χ2n) is 11.6. The first-order valence-electron chi connectivity index (χ1n) is 12.7. The monoisotopic (exact) mass is 687 g/mol. The highest BCUT2D eigenvalue weighted by molar-refractivity contribution is 6.38. The summed E-state index contributed by atoms with van der Waals surface area (Å²) < 4.78 is 72.5. The zero-order valence-corrected chi connectivity index (χ0v) is 25.2. The Morgan fingerprint density at radius 2 is 1.63 bits per heavy atom. The lowest BCUT2D eigenvalue weighted by Crippen LogP contribution is -2.55. The summed E-state index contributed by atoms with van der Waals surface area (Å²) in [5, 5.41) is 12.8. The Labute approximate surface area is 261 Å². The van der Waals surface area contributed by atoms with E-state index < -0.39 is 78.2 Å². The molecule has 2 N–H and O–H groups in total. The van der Waals surface area contributed by atoms with Gasteiger partial charge in [-0.05, 0) is 44.2 Å². The van der Waals surface area contributed by atoms with E-state index in [2.05, 4.69) is 5.32 Å². The number of benzene rings is 2. The molecular weight excluding hydrogens is 667 g/mol. The Morgan fingerprint density at radius 3 is 2.19 bits per heavy atom. The van der Waals surface area contributed by atoms with Crippen molar-refractivity contribution in [2.75, 3.05) is 23.3 Å². The average Bonchev–Trinajstić information content (AvgIpc) is 3.41. The fourth-order valence-electron chi connectivity index (χ4n) is 6.44. The van der Waals surface area contributed by atoms with E-state index in [-0.39, 0.29) is 37.0 Å². The van der Waals surface area contributed by atoms with Crippen molar-refractivity contribution in [3.8, 4) is 0 Å². The van der Waals surface area contributed by atoms with Crippen LogP contribution in [0, 0.1) is 17.3 Å². The van der Waals surface area contributed by atoms with Crippen molar-refractivity contribution in [1.29, 1.82) is 0 Å². The van der Waals surface area contributed by atoms with Crippen molar-refractivity contribution >= 4 is 75.6 Å². The highest BCUT2D eigenvalue weighted by Gasteiger charge is 2.75. The number of fused-ring (bicyclic) bond motifs is 4. The molecule has 0 radical (unpaired) electrons. The molecule has 1 spiro atoms. The van der Waals surface area contributed by atoms with Crippen LogP contribution in [0.5, 0.6) is 0 Å². The van der Waals surface area contributed by atoms with Crippen LogP contribution in [0.25, 0.3) is 0 Å². The Balaban J connectivity index is 1.75. The largest absolute Gasteiger partial charge is 0.481 e. The van der Waals surface area contributed by atoms with Gasteiger partial charge in [-0.1, -0.05) is 46.4 Å². The number of hydrogen-bond acceptors (Lipinski definition) is 4. The highest BCUT2D eigenvalue weighted by atomic mass is 35.5. The Morgan fingerprint density at radius 1 is 1.05 bits per heavy atom. The molecule has 43 heavy (non-hydrogen) atoms. The minimum Gasteiger partial charge on any atom is -0.481 e. The Bertz CT molecular complexity index is 1530. The van der Waals surface area contributed by atoms with E-state index in [0.717, 1.165) is 30.9 Å². The molecule has 2 fully saturated rings. The predicted octanol–water partition coefficient (Wildman–Crippen LogP) is 7.11. The van der Waals surface area contributed by atoms with Crippen molar-refractivity contribution in [1.82, 2.24) is 4.90 Å². The molecule has 0 bridgehead atoms. The molecule has 16 heteroatoms. The zero-order chi connectivity index (χ0) is 32.0. The summed E-state index contributed by atoms with van der Waals surface area (Å²) in [4.78, 5) is 42.9. The molecular formula is C27H22Cl4F5N3O4. The van der Waals surface area contributed by atoms with E-state index in [1.54, 1.807) is 0 Å². The molecule has 7 nitrogen and oxygen atoms in total. The van der Waals surface area contributed by atoms with Gasteiger partial charge >= 0.3 is 12.1 Å². The smallest absolute Gasteiger partial charge is 0.395 e. The van der Waals surface area contributed by atoms with E-state index in [9.17, 15) is 32.7 Å². The number of anilines is 2. The van der Waals surface area contributed by atoms with Gasteiger partial charge in [0.05, 0.1) is 28.6 Å². The molecule has 0 saturated carbocycles. The molecule has 3 heterocycles. The number of aliphatic carboxylic acids is 1. The maximum absolute atomic E-state index is 15.1. The van der Waals surface area contributed by atoms with Gasteiger partial charge in [0.1, 0.15) is 11.5 Å². The lowest BCUT2D eigenvalue weighted by Gasteiger charge is -2.37. The first-order chi connectivity index (χ1) is 19.7. The zero-order valence-electron chi connectivity index (χ0n) is 22.2. The Hall–Kier alpha value is -2.38. The van der Waals surface area contributed by atoms with Crippen LogP contribution in [0.15, 0.2) is 30.3 Å².